The number of halogens is 2. The van der Waals surface area contributed by atoms with E-state index in [0.29, 0.717) is 28.9 Å². The van der Waals surface area contributed by atoms with Crippen molar-refractivity contribution in [2.24, 2.45) is 5.10 Å². The van der Waals surface area contributed by atoms with E-state index in [2.05, 4.69) is 47.2 Å². The van der Waals surface area contributed by atoms with Gasteiger partial charge in [0, 0.05) is 20.6 Å². The molecule has 3 aromatic carbocycles. The second-order valence-electron chi connectivity index (χ2n) is 8.76. The number of ether oxygens (including phenoxy) is 3. The Kier molecular flexibility index (Phi) is 9.18. The molecule has 0 aliphatic heterocycles. The lowest BCUT2D eigenvalue weighted by Gasteiger charge is -2.23. The number of rotatable bonds is 9. The molecule has 184 valence electrons. The molecule has 1 amide bonds. The van der Waals surface area contributed by atoms with Gasteiger partial charge in [-0.3, -0.25) is 4.79 Å². The predicted molar refractivity (Wildman–Crippen MR) is 143 cm³/mol. The van der Waals surface area contributed by atoms with E-state index in [-0.39, 0.29) is 17.9 Å². The molecule has 3 aromatic rings. The SMILES string of the molecule is COc1cc(/C=N/NC(=O)COc2ccc(Br)cc2C(C)(C)C)ccc1OCc1ccccc1Cl. The topological polar surface area (TPSA) is 69.2 Å². The summed E-state index contributed by atoms with van der Waals surface area (Å²) in [4.78, 5) is 12.2. The van der Waals surface area contributed by atoms with Crippen LogP contribution >= 0.6 is 27.5 Å². The lowest BCUT2D eigenvalue weighted by atomic mass is 9.86. The van der Waals surface area contributed by atoms with E-state index >= 15 is 0 Å². The molecule has 0 saturated heterocycles. The van der Waals surface area contributed by atoms with Crippen molar-refractivity contribution in [3.63, 3.8) is 0 Å². The summed E-state index contributed by atoms with van der Waals surface area (Å²) in [7, 11) is 1.56. The number of carbonyl (C=O) groups is 1. The molecule has 0 aliphatic rings. The van der Waals surface area contributed by atoms with E-state index in [1.165, 1.54) is 6.21 Å². The molecular formula is C27H28BrClN2O4. The van der Waals surface area contributed by atoms with Crippen LogP contribution < -0.4 is 19.6 Å². The fourth-order valence-corrected chi connectivity index (χ4v) is 3.77. The standard InChI is InChI=1S/C27H28BrClN2O4/c1-27(2,3)21-14-20(28)10-12-23(21)35-17-26(32)31-30-15-18-9-11-24(25(13-18)33-4)34-16-19-7-5-6-8-22(19)29/h5-15H,16-17H2,1-4H3,(H,31,32)/b30-15+. The van der Waals surface area contributed by atoms with E-state index in [1.807, 2.05) is 48.5 Å². The Morgan fingerprint density at radius 3 is 2.49 bits per heavy atom. The summed E-state index contributed by atoms with van der Waals surface area (Å²) < 4.78 is 18.0. The molecule has 0 aromatic heterocycles. The molecule has 0 unspecified atom stereocenters. The Morgan fingerprint density at radius 1 is 1.03 bits per heavy atom. The second-order valence-corrected chi connectivity index (χ2v) is 10.1. The van der Waals surface area contributed by atoms with E-state index in [0.717, 1.165) is 21.2 Å². The molecule has 8 heteroatoms. The number of methoxy groups -OCH3 is 1. The van der Waals surface area contributed by atoms with Crippen molar-refractivity contribution in [2.45, 2.75) is 32.8 Å². The molecule has 1 N–H and O–H groups in total. The first kappa shape index (κ1) is 26.6. The minimum atomic E-state index is -0.365. The Hall–Kier alpha value is -3.03. The molecule has 0 aliphatic carbocycles. The third kappa shape index (κ3) is 7.73. The molecule has 0 heterocycles. The van der Waals surface area contributed by atoms with Crippen molar-refractivity contribution >= 4 is 39.7 Å². The third-order valence-corrected chi connectivity index (χ3v) is 5.90. The van der Waals surface area contributed by atoms with Crippen molar-refractivity contribution < 1.29 is 19.0 Å². The van der Waals surface area contributed by atoms with Crippen molar-refractivity contribution in [1.82, 2.24) is 5.43 Å². The van der Waals surface area contributed by atoms with Crippen molar-refractivity contribution in [1.29, 1.82) is 0 Å². The van der Waals surface area contributed by atoms with Crippen molar-refractivity contribution in [3.8, 4) is 17.2 Å². The van der Waals surface area contributed by atoms with E-state index in [4.69, 9.17) is 25.8 Å². The first-order valence-corrected chi connectivity index (χ1v) is 12.1. The molecule has 0 atom stereocenters. The van der Waals surface area contributed by atoms with Gasteiger partial charge < -0.3 is 14.2 Å². The summed E-state index contributed by atoms with van der Waals surface area (Å²) in [6, 6.07) is 18.6. The first-order valence-electron chi connectivity index (χ1n) is 11.0. The zero-order chi connectivity index (χ0) is 25.4. The maximum Gasteiger partial charge on any atom is 0.277 e. The van der Waals surface area contributed by atoms with Gasteiger partial charge in [-0.15, -0.1) is 0 Å². The number of carbonyl (C=O) groups excluding carboxylic acids is 1. The Morgan fingerprint density at radius 2 is 1.77 bits per heavy atom. The summed E-state index contributed by atoms with van der Waals surface area (Å²) in [5.74, 6) is 1.42. The van der Waals surface area contributed by atoms with Gasteiger partial charge in [0.2, 0.25) is 0 Å². The van der Waals surface area contributed by atoms with Crippen LogP contribution in [0.2, 0.25) is 5.02 Å². The van der Waals surface area contributed by atoms with Crippen LogP contribution in [0.1, 0.15) is 37.5 Å². The van der Waals surface area contributed by atoms with Crippen LogP contribution in [0.4, 0.5) is 0 Å². The lowest BCUT2D eigenvalue weighted by molar-refractivity contribution is -0.123. The highest BCUT2D eigenvalue weighted by atomic mass is 79.9. The molecule has 6 nitrogen and oxygen atoms in total. The smallest absolute Gasteiger partial charge is 0.277 e. The quantitative estimate of drug-likeness (QED) is 0.239. The van der Waals surface area contributed by atoms with Gasteiger partial charge in [0.25, 0.3) is 5.91 Å². The van der Waals surface area contributed by atoms with Crippen LogP contribution in [-0.4, -0.2) is 25.8 Å². The van der Waals surface area contributed by atoms with E-state index in [1.54, 1.807) is 19.2 Å². The number of benzene rings is 3. The third-order valence-electron chi connectivity index (χ3n) is 5.04. The van der Waals surface area contributed by atoms with Gasteiger partial charge in [-0.25, -0.2) is 5.43 Å². The minimum absolute atomic E-state index is 0.129. The van der Waals surface area contributed by atoms with Gasteiger partial charge in [0.05, 0.1) is 13.3 Å². The molecule has 0 saturated carbocycles. The number of hydrogen-bond acceptors (Lipinski definition) is 5. The maximum atomic E-state index is 12.2. The number of hydrazone groups is 1. The lowest BCUT2D eigenvalue weighted by Crippen LogP contribution is -2.25. The van der Waals surface area contributed by atoms with Crippen LogP contribution in [0, 0.1) is 0 Å². The van der Waals surface area contributed by atoms with Gasteiger partial charge in [0.1, 0.15) is 12.4 Å². The summed E-state index contributed by atoms with van der Waals surface area (Å²) in [6.07, 6.45) is 1.53. The van der Waals surface area contributed by atoms with Crippen LogP contribution in [0.3, 0.4) is 0 Å². The predicted octanol–water partition coefficient (Wildman–Crippen LogP) is 6.52. The Balaban J connectivity index is 1.56. The highest BCUT2D eigenvalue weighted by Crippen LogP contribution is 2.33. The van der Waals surface area contributed by atoms with Gasteiger partial charge in [-0.1, -0.05) is 66.5 Å². The monoisotopic (exact) mass is 558 g/mol. The molecule has 0 radical (unpaired) electrons. The first-order chi connectivity index (χ1) is 16.7. The summed E-state index contributed by atoms with van der Waals surface area (Å²) in [5, 5.41) is 4.67. The maximum absolute atomic E-state index is 12.2. The second kappa shape index (κ2) is 12.1. The average molecular weight is 560 g/mol. The van der Waals surface area contributed by atoms with Crippen LogP contribution in [0.25, 0.3) is 0 Å². The van der Waals surface area contributed by atoms with Crippen LogP contribution in [0.15, 0.2) is 70.2 Å². The number of hydrogen-bond donors (Lipinski definition) is 1. The van der Waals surface area contributed by atoms with Gasteiger partial charge in [0.15, 0.2) is 18.1 Å². The fourth-order valence-electron chi connectivity index (χ4n) is 3.22. The van der Waals surface area contributed by atoms with Crippen molar-refractivity contribution in [2.75, 3.05) is 13.7 Å². The molecular weight excluding hydrogens is 532 g/mol. The number of nitrogens with zero attached hydrogens (tertiary/aromatic N) is 1. The minimum Gasteiger partial charge on any atom is -0.493 e. The molecule has 0 spiro atoms. The Bertz CT molecular complexity index is 1210. The largest absolute Gasteiger partial charge is 0.493 e. The molecule has 0 bridgehead atoms. The summed E-state index contributed by atoms with van der Waals surface area (Å²) in [6.45, 7) is 6.43. The highest BCUT2D eigenvalue weighted by molar-refractivity contribution is 9.10. The van der Waals surface area contributed by atoms with E-state index in [9.17, 15) is 4.79 Å². The zero-order valence-electron chi connectivity index (χ0n) is 20.1. The summed E-state index contributed by atoms with van der Waals surface area (Å²) in [5.41, 5.74) is 4.97. The van der Waals surface area contributed by atoms with Crippen molar-refractivity contribution in [3.05, 3.63) is 86.8 Å². The van der Waals surface area contributed by atoms with Gasteiger partial charge in [-0.05, 0) is 53.4 Å². The van der Waals surface area contributed by atoms with E-state index < -0.39 is 0 Å². The number of nitrogens with one attached hydrogen (secondary N) is 1. The average Bonchev–Trinajstić information content (AvgIpc) is 2.82. The van der Waals surface area contributed by atoms with Gasteiger partial charge in [-0.2, -0.15) is 5.10 Å². The molecule has 3 rings (SSSR count). The van der Waals surface area contributed by atoms with Crippen LogP contribution in [-0.2, 0) is 16.8 Å². The zero-order valence-corrected chi connectivity index (χ0v) is 22.4. The molecule has 35 heavy (non-hydrogen) atoms. The fraction of sp³-hybridized carbons (Fsp3) is 0.259. The number of amides is 1. The normalized spacial score (nSPS) is 11.4. The van der Waals surface area contributed by atoms with Crippen LogP contribution in [0.5, 0.6) is 17.2 Å². The van der Waals surface area contributed by atoms with Gasteiger partial charge >= 0.3 is 0 Å². The summed E-state index contributed by atoms with van der Waals surface area (Å²) >= 11 is 9.68. The Labute approximate surface area is 219 Å². The highest BCUT2D eigenvalue weighted by Gasteiger charge is 2.20. The molecule has 0 fully saturated rings.